The van der Waals surface area contributed by atoms with Crippen molar-refractivity contribution in [2.24, 2.45) is 5.41 Å². The van der Waals surface area contributed by atoms with Crippen LogP contribution in [0.3, 0.4) is 0 Å². The first-order valence-corrected chi connectivity index (χ1v) is 7.21. The van der Waals surface area contributed by atoms with E-state index >= 15 is 0 Å². The number of aliphatic hydroxyl groups is 2. The molecule has 2 rings (SSSR count). The zero-order valence-electron chi connectivity index (χ0n) is 12.1. The SMILES string of the molecule is OCC(CO)(CCOc1ccccc1)Cc1ccccc1. The average molecular weight is 286 g/mol. The van der Waals surface area contributed by atoms with Crippen LogP contribution in [0.4, 0.5) is 0 Å². The van der Waals surface area contributed by atoms with Gasteiger partial charge in [0.2, 0.25) is 0 Å². The molecule has 0 bridgehead atoms. The molecule has 3 heteroatoms. The molecule has 0 radical (unpaired) electrons. The molecule has 0 atom stereocenters. The molecule has 0 saturated heterocycles. The summed E-state index contributed by atoms with van der Waals surface area (Å²) in [6.07, 6.45) is 1.24. The van der Waals surface area contributed by atoms with Crippen LogP contribution in [0.5, 0.6) is 5.75 Å². The monoisotopic (exact) mass is 286 g/mol. The van der Waals surface area contributed by atoms with Crippen LogP contribution < -0.4 is 4.74 Å². The summed E-state index contributed by atoms with van der Waals surface area (Å²) < 4.78 is 5.68. The van der Waals surface area contributed by atoms with Crippen molar-refractivity contribution in [2.45, 2.75) is 12.8 Å². The van der Waals surface area contributed by atoms with Crippen LogP contribution in [0.25, 0.3) is 0 Å². The van der Waals surface area contributed by atoms with Gasteiger partial charge in [0.1, 0.15) is 5.75 Å². The number of hydrogen-bond donors (Lipinski definition) is 2. The van der Waals surface area contributed by atoms with E-state index in [9.17, 15) is 10.2 Å². The first-order chi connectivity index (χ1) is 10.3. The molecule has 0 spiro atoms. The number of hydrogen-bond acceptors (Lipinski definition) is 3. The fourth-order valence-electron chi connectivity index (χ4n) is 2.34. The maximum absolute atomic E-state index is 9.72. The number of para-hydroxylation sites is 1. The lowest BCUT2D eigenvalue weighted by atomic mass is 9.80. The van der Waals surface area contributed by atoms with Crippen molar-refractivity contribution in [1.29, 1.82) is 0 Å². The zero-order valence-corrected chi connectivity index (χ0v) is 12.1. The van der Waals surface area contributed by atoms with Crippen LogP contribution in [-0.4, -0.2) is 30.0 Å². The molecule has 0 unspecified atom stereocenters. The minimum absolute atomic E-state index is 0.0590. The van der Waals surface area contributed by atoms with E-state index < -0.39 is 5.41 Å². The molecule has 0 amide bonds. The van der Waals surface area contributed by atoms with Crippen LogP contribution in [-0.2, 0) is 6.42 Å². The highest BCUT2D eigenvalue weighted by molar-refractivity contribution is 5.21. The van der Waals surface area contributed by atoms with E-state index in [-0.39, 0.29) is 13.2 Å². The summed E-state index contributed by atoms with van der Waals surface area (Å²) in [6.45, 7) is 0.352. The molecule has 3 nitrogen and oxygen atoms in total. The van der Waals surface area contributed by atoms with E-state index in [2.05, 4.69) is 0 Å². The molecular weight excluding hydrogens is 264 g/mol. The minimum Gasteiger partial charge on any atom is -0.494 e. The highest BCUT2D eigenvalue weighted by Crippen LogP contribution is 2.27. The second-order valence-electron chi connectivity index (χ2n) is 5.39. The van der Waals surface area contributed by atoms with Gasteiger partial charge >= 0.3 is 0 Å². The van der Waals surface area contributed by atoms with Crippen molar-refractivity contribution in [3.05, 3.63) is 66.2 Å². The van der Waals surface area contributed by atoms with Crippen molar-refractivity contribution >= 4 is 0 Å². The Hall–Kier alpha value is -1.84. The molecule has 0 heterocycles. The van der Waals surface area contributed by atoms with Gasteiger partial charge in [0, 0.05) is 5.41 Å². The Morgan fingerprint density at radius 1 is 0.810 bits per heavy atom. The van der Waals surface area contributed by atoms with E-state index in [0.29, 0.717) is 19.4 Å². The van der Waals surface area contributed by atoms with Gasteiger partial charge in [0.25, 0.3) is 0 Å². The van der Waals surface area contributed by atoms with Crippen molar-refractivity contribution in [1.82, 2.24) is 0 Å². The van der Waals surface area contributed by atoms with Crippen molar-refractivity contribution in [3.63, 3.8) is 0 Å². The molecule has 0 aliphatic heterocycles. The van der Waals surface area contributed by atoms with Gasteiger partial charge in [-0.3, -0.25) is 0 Å². The van der Waals surface area contributed by atoms with Crippen molar-refractivity contribution < 1.29 is 14.9 Å². The Labute approximate surface area is 125 Å². The summed E-state index contributed by atoms with van der Waals surface area (Å²) in [5.41, 5.74) is 0.566. The van der Waals surface area contributed by atoms with E-state index in [0.717, 1.165) is 11.3 Å². The molecule has 2 aromatic carbocycles. The van der Waals surface area contributed by atoms with Crippen LogP contribution in [0.1, 0.15) is 12.0 Å². The first-order valence-electron chi connectivity index (χ1n) is 7.21. The lowest BCUT2D eigenvalue weighted by molar-refractivity contribution is 0.0357. The van der Waals surface area contributed by atoms with Gasteiger partial charge in [-0.15, -0.1) is 0 Å². The quantitative estimate of drug-likeness (QED) is 0.784. The number of aliphatic hydroxyl groups excluding tert-OH is 2. The van der Waals surface area contributed by atoms with Gasteiger partial charge in [-0.2, -0.15) is 0 Å². The van der Waals surface area contributed by atoms with Gasteiger partial charge < -0.3 is 14.9 Å². The highest BCUT2D eigenvalue weighted by Gasteiger charge is 2.29. The topological polar surface area (TPSA) is 49.7 Å². The summed E-state index contributed by atoms with van der Waals surface area (Å²) in [4.78, 5) is 0. The molecule has 112 valence electrons. The third kappa shape index (κ3) is 4.59. The maximum Gasteiger partial charge on any atom is 0.119 e. The predicted octanol–water partition coefficient (Wildman–Crippen LogP) is 2.67. The summed E-state index contributed by atoms with van der Waals surface area (Å²) >= 11 is 0. The molecule has 0 aliphatic rings. The molecule has 21 heavy (non-hydrogen) atoms. The van der Waals surface area contributed by atoms with Crippen LogP contribution in [0, 0.1) is 5.41 Å². The van der Waals surface area contributed by atoms with Gasteiger partial charge in [0.05, 0.1) is 19.8 Å². The molecular formula is C18H22O3. The van der Waals surface area contributed by atoms with Gasteiger partial charge in [-0.25, -0.2) is 0 Å². The second kappa shape index (κ2) is 7.81. The van der Waals surface area contributed by atoms with Crippen LogP contribution in [0.15, 0.2) is 60.7 Å². The molecule has 0 fully saturated rings. The third-order valence-corrected chi connectivity index (χ3v) is 3.74. The van der Waals surface area contributed by atoms with Crippen LogP contribution in [0.2, 0.25) is 0 Å². The summed E-state index contributed by atoms with van der Waals surface area (Å²) in [5, 5.41) is 19.4. The van der Waals surface area contributed by atoms with E-state index in [1.807, 2.05) is 60.7 Å². The fourth-order valence-corrected chi connectivity index (χ4v) is 2.34. The average Bonchev–Trinajstić information content (AvgIpc) is 2.56. The molecule has 0 aliphatic carbocycles. The standard InChI is InChI=1S/C18H22O3/c19-14-18(15-20,13-16-7-3-1-4-8-16)11-12-21-17-9-5-2-6-10-17/h1-10,19-20H,11-15H2. The molecule has 0 aromatic heterocycles. The van der Waals surface area contributed by atoms with E-state index in [1.165, 1.54) is 0 Å². The molecule has 0 saturated carbocycles. The van der Waals surface area contributed by atoms with Gasteiger partial charge in [-0.05, 0) is 30.5 Å². The van der Waals surface area contributed by atoms with Crippen LogP contribution >= 0.6 is 0 Å². The summed E-state index contributed by atoms with van der Waals surface area (Å²) in [6, 6.07) is 19.5. The van der Waals surface area contributed by atoms with Crippen molar-refractivity contribution in [3.8, 4) is 5.75 Å². The third-order valence-electron chi connectivity index (χ3n) is 3.74. The summed E-state index contributed by atoms with van der Waals surface area (Å²) in [5.74, 6) is 0.807. The lowest BCUT2D eigenvalue weighted by Gasteiger charge is -2.30. The molecule has 2 N–H and O–H groups in total. The Bertz CT molecular complexity index is 507. The minimum atomic E-state index is -0.546. The zero-order chi connectivity index (χ0) is 15.0. The second-order valence-corrected chi connectivity index (χ2v) is 5.39. The Kier molecular flexibility index (Phi) is 5.78. The smallest absolute Gasteiger partial charge is 0.119 e. The Morgan fingerprint density at radius 2 is 1.38 bits per heavy atom. The highest BCUT2D eigenvalue weighted by atomic mass is 16.5. The first kappa shape index (κ1) is 15.5. The largest absolute Gasteiger partial charge is 0.494 e. The molecule has 2 aromatic rings. The fraction of sp³-hybridized carbons (Fsp3) is 0.333. The van der Waals surface area contributed by atoms with E-state index in [1.54, 1.807) is 0 Å². The Morgan fingerprint density at radius 3 is 1.95 bits per heavy atom. The van der Waals surface area contributed by atoms with Gasteiger partial charge in [0.15, 0.2) is 0 Å². The van der Waals surface area contributed by atoms with Gasteiger partial charge in [-0.1, -0.05) is 48.5 Å². The maximum atomic E-state index is 9.72. The number of ether oxygens (including phenoxy) is 1. The van der Waals surface area contributed by atoms with Crippen molar-refractivity contribution in [2.75, 3.05) is 19.8 Å². The normalized spacial score (nSPS) is 11.3. The Balaban J connectivity index is 1.94. The number of benzene rings is 2. The predicted molar refractivity (Wildman–Crippen MR) is 83.3 cm³/mol. The lowest BCUT2D eigenvalue weighted by Crippen LogP contribution is -2.34. The summed E-state index contributed by atoms with van der Waals surface area (Å²) in [7, 11) is 0. The van der Waals surface area contributed by atoms with E-state index in [4.69, 9.17) is 4.74 Å². The number of rotatable bonds is 8.